The van der Waals surface area contributed by atoms with Crippen molar-refractivity contribution in [3.63, 3.8) is 0 Å². The van der Waals surface area contributed by atoms with E-state index in [2.05, 4.69) is 20.3 Å². The van der Waals surface area contributed by atoms with Gasteiger partial charge < -0.3 is 15.4 Å². The molecule has 32 heavy (non-hydrogen) atoms. The van der Waals surface area contributed by atoms with Gasteiger partial charge >= 0.3 is 5.97 Å². The average Bonchev–Trinajstić information content (AvgIpc) is 3.40. The summed E-state index contributed by atoms with van der Waals surface area (Å²) < 4.78 is 0. The van der Waals surface area contributed by atoms with Crippen molar-refractivity contribution in [3.8, 4) is 10.4 Å². The molecular formula is C24H19ClN4O2S. The Kier molecular flexibility index (Phi) is 5.28. The van der Waals surface area contributed by atoms with E-state index in [0.717, 1.165) is 42.7 Å². The van der Waals surface area contributed by atoms with Gasteiger partial charge in [-0.25, -0.2) is 14.8 Å². The molecule has 5 rings (SSSR count). The normalized spacial score (nSPS) is 12.3. The molecule has 0 aliphatic rings. The number of anilines is 1. The van der Waals surface area contributed by atoms with Crippen molar-refractivity contribution in [1.29, 1.82) is 0 Å². The van der Waals surface area contributed by atoms with Crippen LogP contribution < -0.4 is 5.32 Å². The maximum absolute atomic E-state index is 12.1. The van der Waals surface area contributed by atoms with Crippen molar-refractivity contribution in [3.05, 3.63) is 77.2 Å². The molecule has 0 saturated carbocycles. The number of aromatic nitrogens is 3. The highest BCUT2D eigenvalue weighted by Gasteiger charge is 2.22. The molecule has 0 radical (unpaired) electrons. The van der Waals surface area contributed by atoms with Crippen LogP contribution in [0.4, 0.5) is 5.82 Å². The van der Waals surface area contributed by atoms with Crippen molar-refractivity contribution in [2.24, 2.45) is 0 Å². The number of halogens is 1. The standard InChI is InChI=1S/C24H19ClN4O2S/c1-13-6-7-14(8-18(13)25)21-10-17-22(27-12-28-23(17)32-21)29-20(24(30)31)9-15-11-26-19-5-3-2-4-16(15)19/h2-8,10-12,20,26H,9H2,1H3,(H,30,31)(H,27,28,29)/t20-/m1/s1. The van der Waals surface area contributed by atoms with Crippen LogP contribution in [0.3, 0.4) is 0 Å². The van der Waals surface area contributed by atoms with E-state index in [-0.39, 0.29) is 0 Å². The third-order valence-electron chi connectivity index (χ3n) is 5.49. The maximum atomic E-state index is 12.1. The Hall–Kier alpha value is -3.42. The summed E-state index contributed by atoms with van der Waals surface area (Å²) in [6.07, 6.45) is 3.63. The van der Waals surface area contributed by atoms with Crippen LogP contribution in [0.2, 0.25) is 5.02 Å². The minimum Gasteiger partial charge on any atom is -0.480 e. The molecular weight excluding hydrogens is 444 g/mol. The fourth-order valence-corrected chi connectivity index (χ4v) is 4.92. The zero-order chi connectivity index (χ0) is 22.2. The second kappa shape index (κ2) is 8.26. The smallest absolute Gasteiger partial charge is 0.326 e. The van der Waals surface area contributed by atoms with Crippen LogP contribution in [-0.4, -0.2) is 32.1 Å². The second-order valence-corrected chi connectivity index (χ2v) is 9.05. The third-order valence-corrected chi connectivity index (χ3v) is 6.99. The molecule has 0 aliphatic heterocycles. The number of thiophene rings is 1. The first-order valence-corrected chi connectivity index (χ1v) is 11.2. The van der Waals surface area contributed by atoms with Gasteiger partial charge in [-0.15, -0.1) is 11.3 Å². The molecule has 3 heterocycles. The Morgan fingerprint density at radius 2 is 2.03 bits per heavy atom. The largest absolute Gasteiger partial charge is 0.480 e. The summed E-state index contributed by atoms with van der Waals surface area (Å²) in [4.78, 5) is 25.8. The Morgan fingerprint density at radius 1 is 1.19 bits per heavy atom. The van der Waals surface area contributed by atoms with Crippen LogP contribution >= 0.6 is 22.9 Å². The number of hydrogen-bond acceptors (Lipinski definition) is 5. The third kappa shape index (κ3) is 3.81. The van der Waals surface area contributed by atoms with Crippen LogP contribution in [0.25, 0.3) is 31.6 Å². The van der Waals surface area contributed by atoms with Gasteiger partial charge in [-0.05, 0) is 41.8 Å². The fourth-order valence-electron chi connectivity index (χ4n) is 3.74. The quantitative estimate of drug-likeness (QED) is 0.292. The lowest BCUT2D eigenvalue weighted by Gasteiger charge is -2.15. The van der Waals surface area contributed by atoms with E-state index in [9.17, 15) is 9.90 Å². The van der Waals surface area contributed by atoms with Crippen LogP contribution in [0.1, 0.15) is 11.1 Å². The number of benzene rings is 2. The second-order valence-electron chi connectivity index (χ2n) is 7.61. The van der Waals surface area contributed by atoms with Gasteiger partial charge in [-0.1, -0.05) is 41.9 Å². The summed E-state index contributed by atoms with van der Waals surface area (Å²) in [7, 11) is 0. The average molecular weight is 463 g/mol. The van der Waals surface area contributed by atoms with E-state index in [1.165, 1.54) is 17.7 Å². The molecule has 160 valence electrons. The first-order valence-electron chi connectivity index (χ1n) is 10.0. The number of aryl methyl sites for hydroxylation is 1. The van der Waals surface area contributed by atoms with E-state index in [4.69, 9.17) is 11.6 Å². The number of carbonyl (C=O) groups is 1. The zero-order valence-electron chi connectivity index (χ0n) is 17.1. The van der Waals surface area contributed by atoms with Crippen molar-refractivity contribution in [2.45, 2.75) is 19.4 Å². The van der Waals surface area contributed by atoms with Crippen LogP contribution in [-0.2, 0) is 11.2 Å². The summed E-state index contributed by atoms with van der Waals surface area (Å²) >= 11 is 7.82. The Balaban J connectivity index is 1.48. The molecule has 0 unspecified atom stereocenters. The molecule has 2 aromatic carbocycles. The van der Waals surface area contributed by atoms with E-state index >= 15 is 0 Å². The number of H-pyrrole nitrogens is 1. The number of rotatable bonds is 6. The molecule has 0 fully saturated rings. The van der Waals surface area contributed by atoms with Gasteiger partial charge in [0.1, 0.15) is 23.0 Å². The highest BCUT2D eigenvalue weighted by Crippen LogP contribution is 2.36. The van der Waals surface area contributed by atoms with E-state index in [1.54, 1.807) is 0 Å². The number of nitrogens with one attached hydrogen (secondary N) is 2. The Morgan fingerprint density at radius 3 is 2.84 bits per heavy atom. The molecule has 0 bridgehead atoms. The SMILES string of the molecule is Cc1ccc(-c2cc3c(N[C@H](Cc4c[nH]c5ccccc45)C(=O)O)ncnc3s2)cc1Cl. The van der Waals surface area contributed by atoms with E-state index < -0.39 is 12.0 Å². The Bertz CT molecular complexity index is 1460. The number of carboxylic acid groups (broad SMARTS) is 1. The first kappa shape index (κ1) is 20.5. The highest BCUT2D eigenvalue weighted by atomic mass is 35.5. The summed E-state index contributed by atoms with van der Waals surface area (Å²) in [6, 6.07) is 14.9. The lowest BCUT2D eigenvalue weighted by atomic mass is 10.0. The number of aromatic amines is 1. The Labute approximate surface area is 192 Å². The predicted molar refractivity (Wildman–Crippen MR) is 130 cm³/mol. The lowest BCUT2D eigenvalue weighted by Crippen LogP contribution is -2.31. The monoisotopic (exact) mass is 462 g/mol. The van der Waals surface area contributed by atoms with Gasteiger partial charge in [0.25, 0.3) is 0 Å². The number of fused-ring (bicyclic) bond motifs is 2. The molecule has 0 saturated heterocycles. The molecule has 1 atom stereocenters. The number of aliphatic carboxylic acids is 1. The number of carboxylic acids is 1. The molecule has 0 aliphatic carbocycles. The van der Waals surface area contributed by atoms with Crippen LogP contribution in [0.15, 0.2) is 61.1 Å². The predicted octanol–water partition coefficient (Wildman–Crippen LogP) is 5.91. The summed E-state index contributed by atoms with van der Waals surface area (Å²) in [5.74, 6) is -0.439. The van der Waals surface area contributed by atoms with Gasteiger partial charge in [0.15, 0.2) is 0 Å². The van der Waals surface area contributed by atoms with Crippen LogP contribution in [0, 0.1) is 6.92 Å². The fraction of sp³-hybridized carbons (Fsp3) is 0.125. The summed E-state index contributed by atoms with van der Waals surface area (Å²) in [5, 5.41) is 15.5. The number of nitrogens with zero attached hydrogens (tertiary/aromatic N) is 2. The van der Waals surface area contributed by atoms with Gasteiger partial charge in [0.05, 0.1) is 5.39 Å². The maximum Gasteiger partial charge on any atom is 0.326 e. The van der Waals surface area contributed by atoms with Crippen molar-refractivity contribution in [2.75, 3.05) is 5.32 Å². The minimum atomic E-state index is -0.942. The molecule has 5 aromatic rings. The molecule has 3 N–H and O–H groups in total. The zero-order valence-corrected chi connectivity index (χ0v) is 18.7. The minimum absolute atomic E-state index is 0.315. The van der Waals surface area contributed by atoms with Crippen molar-refractivity contribution in [1.82, 2.24) is 15.0 Å². The number of hydrogen-bond donors (Lipinski definition) is 3. The van der Waals surface area contributed by atoms with Crippen LogP contribution in [0.5, 0.6) is 0 Å². The van der Waals surface area contributed by atoms with Crippen molar-refractivity contribution >= 4 is 55.8 Å². The topological polar surface area (TPSA) is 90.9 Å². The molecule has 3 aromatic heterocycles. The number of para-hydroxylation sites is 1. The molecule has 0 spiro atoms. The molecule has 8 heteroatoms. The summed E-state index contributed by atoms with van der Waals surface area (Å²) in [6.45, 7) is 1.96. The molecule has 6 nitrogen and oxygen atoms in total. The summed E-state index contributed by atoms with van der Waals surface area (Å²) in [5.41, 5.74) is 3.92. The highest BCUT2D eigenvalue weighted by molar-refractivity contribution is 7.21. The van der Waals surface area contributed by atoms with Gasteiger partial charge in [0.2, 0.25) is 0 Å². The van der Waals surface area contributed by atoms with Gasteiger partial charge in [-0.3, -0.25) is 0 Å². The van der Waals surface area contributed by atoms with Crippen molar-refractivity contribution < 1.29 is 9.90 Å². The lowest BCUT2D eigenvalue weighted by molar-refractivity contribution is -0.137. The molecule has 0 amide bonds. The van der Waals surface area contributed by atoms with E-state index in [0.29, 0.717) is 17.3 Å². The van der Waals surface area contributed by atoms with E-state index in [1.807, 2.05) is 61.7 Å². The van der Waals surface area contributed by atoms with Gasteiger partial charge in [-0.2, -0.15) is 0 Å². The van der Waals surface area contributed by atoms with Gasteiger partial charge in [0, 0.05) is 33.4 Å². The first-order chi connectivity index (χ1) is 15.5.